The molecule has 2 aromatic carbocycles. The molecule has 3 aromatic rings. The molecule has 1 aromatic heterocycles. The summed E-state index contributed by atoms with van der Waals surface area (Å²) in [6.07, 6.45) is 1.30. The number of ketones is 1. The predicted octanol–water partition coefficient (Wildman–Crippen LogP) is 4.80. The number of thioether (sulfide) groups is 1. The summed E-state index contributed by atoms with van der Waals surface area (Å²) in [5.41, 5.74) is 2.82. The van der Waals surface area contributed by atoms with Crippen LogP contribution in [0.4, 0.5) is 0 Å². The fourth-order valence-corrected chi connectivity index (χ4v) is 3.05. The summed E-state index contributed by atoms with van der Waals surface area (Å²) in [6, 6.07) is 17.3. The van der Waals surface area contributed by atoms with Gasteiger partial charge in [0.2, 0.25) is 5.89 Å². The minimum atomic E-state index is 0.169. The second-order valence-corrected chi connectivity index (χ2v) is 6.48. The zero-order chi connectivity index (χ0) is 16.8. The van der Waals surface area contributed by atoms with Crippen LogP contribution >= 0.6 is 11.8 Å². The number of carbonyl (C=O) groups excluding carboxylic acids is 1. The van der Waals surface area contributed by atoms with E-state index < -0.39 is 0 Å². The van der Waals surface area contributed by atoms with Crippen LogP contribution in [0, 0.1) is 6.92 Å². The molecular weight excluding hydrogens is 320 g/mol. The van der Waals surface area contributed by atoms with Gasteiger partial charge in [0.15, 0.2) is 5.78 Å². The minimum absolute atomic E-state index is 0.169. The second-order valence-electron chi connectivity index (χ2n) is 5.43. The highest BCUT2D eigenvalue weighted by Crippen LogP contribution is 2.26. The number of rotatable bonds is 7. The van der Waals surface area contributed by atoms with Crippen molar-refractivity contribution >= 4 is 17.5 Å². The van der Waals surface area contributed by atoms with Gasteiger partial charge in [-0.15, -0.1) is 10.2 Å². The number of hydrogen-bond donors (Lipinski definition) is 0. The van der Waals surface area contributed by atoms with Crippen molar-refractivity contribution in [3.05, 3.63) is 65.7 Å². The van der Waals surface area contributed by atoms with Crippen molar-refractivity contribution in [2.45, 2.75) is 25.0 Å². The van der Waals surface area contributed by atoms with E-state index in [1.807, 2.05) is 61.5 Å². The average molecular weight is 338 g/mol. The maximum atomic E-state index is 12.0. The van der Waals surface area contributed by atoms with Crippen molar-refractivity contribution < 1.29 is 9.21 Å². The van der Waals surface area contributed by atoms with Crippen LogP contribution in [0.3, 0.4) is 0 Å². The van der Waals surface area contributed by atoms with Crippen molar-refractivity contribution in [1.29, 1.82) is 0 Å². The quantitative estimate of drug-likeness (QED) is 0.352. The molecule has 0 aliphatic carbocycles. The summed E-state index contributed by atoms with van der Waals surface area (Å²) in [7, 11) is 0. The van der Waals surface area contributed by atoms with E-state index in [2.05, 4.69) is 10.2 Å². The maximum absolute atomic E-state index is 12.0. The van der Waals surface area contributed by atoms with Gasteiger partial charge in [0.25, 0.3) is 5.22 Å². The van der Waals surface area contributed by atoms with Crippen molar-refractivity contribution in [3.8, 4) is 11.5 Å². The van der Waals surface area contributed by atoms with E-state index >= 15 is 0 Å². The van der Waals surface area contributed by atoms with Crippen LogP contribution in [0.1, 0.15) is 28.8 Å². The first-order chi connectivity index (χ1) is 11.7. The van der Waals surface area contributed by atoms with Crippen LogP contribution in [0.15, 0.2) is 64.2 Å². The smallest absolute Gasteiger partial charge is 0.276 e. The number of benzene rings is 2. The first-order valence-electron chi connectivity index (χ1n) is 7.84. The maximum Gasteiger partial charge on any atom is 0.276 e. The van der Waals surface area contributed by atoms with Crippen molar-refractivity contribution in [3.63, 3.8) is 0 Å². The monoisotopic (exact) mass is 338 g/mol. The number of aromatic nitrogens is 2. The third kappa shape index (κ3) is 4.11. The van der Waals surface area contributed by atoms with Gasteiger partial charge in [-0.25, -0.2) is 0 Å². The van der Waals surface area contributed by atoms with E-state index in [0.29, 0.717) is 17.5 Å². The van der Waals surface area contributed by atoms with E-state index in [1.54, 1.807) is 0 Å². The third-order valence-corrected chi connectivity index (χ3v) is 4.56. The summed E-state index contributed by atoms with van der Waals surface area (Å²) in [6.45, 7) is 2.02. The first kappa shape index (κ1) is 16.5. The third-order valence-electron chi connectivity index (χ3n) is 3.65. The normalized spacial score (nSPS) is 10.7. The summed E-state index contributed by atoms with van der Waals surface area (Å²) < 4.78 is 5.70. The molecule has 0 spiro atoms. The highest BCUT2D eigenvalue weighted by molar-refractivity contribution is 7.99. The molecule has 0 aliphatic heterocycles. The molecule has 24 heavy (non-hydrogen) atoms. The Bertz CT molecular complexity index is 815. The molecule has 0 unspecified atom stereocenters. The molecule has 0 fully saturated rings. The Morgan fingerprint density at radius 2 is 1.79 bits per heavy atom. The largest absolute Gasteiger partial charge is 0.411 e. The number of Topliss-reactive ketones (excluding diaryl/α,β-unsaturated/α-hetero) is 1. The topological polar surface area (TPSA) is 56.0 Å². The van der Waals surface area contributed by atoms with E-state index in [1.165, 1.54) is 11.8 Å². The lowest BCUT2D eigenvalue weighted by molar-refractivity contribution is 0.0982. The van der Waals surface area contributed by atoms with Gasteiger partial charge in [0.05, 0.1) is 0 Å². The molecular formula is C19H18N2O2S. The molecule has 0 bridgehead atoms. The van der Waals surface area contributed by atoms with E-state index in [9.17, 15) is 4.79 Å². The van der Waals surface area contributed by atoms with Crippen molar-refractivity contribution in [2.24, 2.45) is 0 Å². The Labute approximate surface area is 145 Å². The van der Waals surface area contributed by atoms with Crippen LogP contribution in [0.2, 0.25) is 0 Å². The highest BCUT2D eigenvalue weighted by atomic mass is 32.2. The summed E-state index contributed by atoms with van der Waals surface area (Å²) in [5, 5.41) is 8.72. The van der Waals surface area contributed by atoms with Crippen molar-refractivity contribution in [2.75, 3.05) is 5.75 Å². The van der Waals surface area contributed by atoms with Gasteiger partial charge in [-0.05, 0) is 25.0 Å². The molecule has 1 heterocycles. The summed E-state index contributed by atoms with van der Waals surface area (Å²) in [4.78, 5) is 12.0. The number of hydrogen-bond acceptors (Lipinski definition) is 5. The number of carbonyl (C=O) groups is 1. The fourth-order valence-electron chi connectivity index (χ4n) is 2.35. The fraction of sp³-hybridized carbons (Fsp3) is 0.211. The standard InChI is InChI=1S/C19H18N2O2S/c1-14-8-5-6-11-16(14)18-20-21-19(23-18)24-13-7-12-17(22)15-9-3-2-4-10-15/h2-6,8-11H,7,12-13H2,1H3. The highest BCUT2D eigenvalue weighted by Gasteiger charge is 2.11. The van der Waals surface area contributed by atoms with E-state index in [0.717, 1.165) is 28.9 Å². The van der Waals surface area contributed by atoms with Gasteiger partial charge in [-0.1, -0.05) is 60.3 Å². The molecule has 0 N–H and O–H groups in total. The van der Waals surface area contributed by atoms with E-state index in [-0.39, 0.29) is 5.78 Å². The zero-order valence-corrected chi connectivity index (χ0v) is 14.3. The lowest BCUT2D eigenvalue weighted by Crippen LogP contribution is -1.99. The lowest BCUT2D eigenvalue weighted by Gasteiger charge is -2.00. The van der Waals surface area contributed by atoms with Gasteiger partial charge < -0.3 is 4.42 Å². The molecule has 3 rings (SSSR count). The Hall–Kier alpha value is -2.40. The van der Waals surface area contributed by atoms with Gasteiger partial charge in [0, 0.05) is 23.3 Å². The van der Waals surface area contributed by atoms with E-state index in [4.69, 9.17) is 4.42 Å². The predicted molar refractivity (Wildman–Crippen MR) is 95.2 cm³/mol. The zero-order valence-electron chi connectivity index (χ0n) is 13.4. The van der Waals surface area contributed by atoms with Crippen LogP contribution in [-0.4, -0.2) is 21.7 Å². The molecule has 122 valence electrons. The van der Waals surface area contributed by atoms with Crippen LogP contribution in [0.5, 0.6) is 0 Å². The molecule has 0 saturated heterocycles. The Morgan fingerprint density at radius 3 is 2.58 bits per heavy atom. The van der Waals surface area contributed by atoms with Gasteiger partial charge in [0.1, 0.15) is 0 Å². The first-order valence-corrected chi connectivity index (χ1v) is 8.83. The van der Waals surface area contributed by atoms with Crippen LogP contribution in [0.25, 0.3) is 11.5 Å². The average Bonchev–Trinajstić information content (AvgIpc) is 3.08. The Morgan fingerprint density at radius 1 is 1.04 bits per heavy atom. The number of aryl methyl sites for hydroxylation is 1. The van der Waals surface area contributed by atoms with Gasteiger partial charge in [-0.2, -0.15) is 0 Å². The number of nitrogens with zero attached hydrogens (tertiary/aromatic N) is 2. The van der Waals surface area contributed by atoms with Crippen molar-refractivity contribution in [1.82, 2.24) is 10.2 Å². The molecule has 0 saturated carbocycles. The van der Waals surface area contributed by atoms with Gasteiger partial charge in [-0.3, -0.25) is 4.79 Å². The van der Waals surface area contributed by atoms with Crippen LogP contribution < -0.4 is 0 Å². The van der Waals surface area contributed by atoms with Crippen LogP contribution in [-0.2, 0) is 0 Å². The minimum Gasteiger partial charge on any atom is -0.411 e. The Balaban J connectivity index is 1.50. The molecule has 0 atom stereocenters. The summed E-state index contributed by atoms with van der Waals surface area (Å²) in [5.74, 6) is 1.48. The van der Waals surface area contributed by atoms with Gasteiger partial charge >= 0.3 is 0 Å². The molecule has 4 nitrogen and oxygen atoms in total. The second kappa shape index (κ2) is 7.93. The Kier molecular flexibility index (Phi) is 5.43. The molecule has 0 amide bonds. The molecule has 0 radical (unpaired) electrons. The molecule has 0 aliphatic rings. The summed E-state index contributed by atoms with van der Waals surface area (Å²) >= 11 is 1.49. The lowest BCUT2D eigenvalue weighted by atomic mass is 10.1. The molecule has 5 heteroatoms. The SMILES string of the molecule is Cc1ccccc1-c1nnc(SCCCC(=O)c2ccccc2)o1.